The van der Waals surface area contributed by atoms with E-state index < -0.39 is 31.0 Å². The Hall–Kier alpha value is -7.99. The predicted octanol–water partition coefficient (Wildman–Crippen LogP) is 12.8. The summed E-state index contributed by atoms with van der Waals surface area (Å²) in [7, 11) is -9.33. The normalized spacial score (nSPS) is 11.7. The molecule has 8 aromatic rings. The van der Waals surface area contributed by atoms with E-state index in [1.807, 2.05) is 0 Å². The maximum absolute atomic E-state index is 12.9. The average molecular weight is 1010 g/mol. The van der Waals surface area contributed by atoms with Crippen LogP contribution in [-0.4, -0.2) is 41.8 Å². The lowest BCUT2D eigenvalue weighted by molar-refractivity contribution is 0.102. The summed E-state index contributed by atoms with van der Waals surface area (Å²) >= 11 is 13.1. The number of pyridine rings is 2. The van der Waals surface area contributed by atoms with E-state index in [1.165, 1.54) is 36.5 Å². The number of halogens is 2. The highest BCUT2D eigenvalue weighted by Crippen LogP contribution is 2.49. The number of thiophene rings is 1. The number of hydrogen-bond acceptors (Lipinski definition) is 16. The van der Waals surface area contributed by atoms with Crippen LogP contribution in [0.25, 0.3) is 21.9 Å². The van der Waals surface area contributed by atoms with Gasteiger partial charge in [-0.3, -0.25) is 18.9 Å². The zero-order valence-corrected chi connectivity index (χ0v) is 39.1. The molecule has 0 atom stereocenters. The third kappa shape index (κ3) is 10.6. The lowest BCUT2D eigenvalue weighted by atomic mass is 10.0. The van der Waals surface area contributed by atoms with Gasteiger partial charge < -0.3 is 16.0 Å². The first-order valence-corrected chi connectivity index (χ1v) is 24.2. The molecule has 69 heavy (non-hydrogen) atoms. The molecule has 0 saturated heterocycles. The molecule has 3 heterocycles. The Kier molecular flexibility index (Phi) is 13.6. The van der Waals surface area contributed by atoms with Crippen LogP contribution < -0.4 is 16.0 Å². The van der Waals surface area contributed by atoms with E-state index in [2.05, 4.69) is 58.5 Å². The van der Waals surface area contributed by atoms with Crippen molar-refractivity contribution in [1.82, 2.24) is 9.97 Å². The molecule has 0 aliphatic heterocycles. The Morgan fingerprint density at radius 3 is 2.07 bits per heavy atom. The molecule has 5 N–H and O–H groups in total. The zero-order chi connectivity index (χ0) is 49.0. The molecule has 0 bridgehead atoms. The molecule has 5 aromatic carbocycles. The van der Waals surface area contributed by atoms with E-state index >= 15 is 0 Å². The first-order valence-electron chi connectivity index (χ1n) is 19.7. The van der Waals surface area contributed by atoms with E-state index in [9.17, 15) is 41.3 Å². The van der Waals surface area contributed by atoms with Gasteiger partial charge in [-0.1, -0.05) is 64.9 Å². The van der Waals surface area contributed by atoms with Gasteiger partial charge in [0.25, 0.3) is 26.1 Å². The lowest BCUT2D eigenvalue weighted by Crippen LogP contribution is -2.11. The molecule has 8 rings (SSSR count). The quantitative estimate of drug-likeness (QED) is 0.0531. The molecule has 1 amide bonds. The smallest absolute Gasteiger partial charge is 0.296 e. The zero-order valence-electron chi connectivity index (χ0n) is 35.1. The summed E-state index contributed by atoms with van der Waals surface area (Å²) in [6.45, 7) is 1.58. The lowest BCUT2D eigenvalue weighted by Gasteiger charge is -2.16. The van der Waals surface area contributed by atoms with Gasteiger partial charge in [0.2, 0.25) is 0 Å². The molecule has 0 aliphatic carbocycles. The number of carbonyl (C=O) groups excluding carboxylic acids is 1. The van der Waals surface area contributed by atoms with Gasteiger partial charge in [0, 0.05) is 51.0 Å². The largest absolute Gasteiger partial charge is 0.339 e. The van der Waals surface area contributed by atoms with Gasteiger partial charge in [0.15, 0.2) is 16.6 Å². The van der Waals surface area contributed by atoms with Crippen molar-refractivity contribution in [1.29, 1.82) is 10.5 Å². The minimum absolute atomic E-state index is 0.0195. The van der Waals surface area contributed by atoms with Gasteiger partial charge >= 0.3 is 0 Å². The van der Waals surface area contributed by atoms with Crippen molar-refractivity contribution in [2.24, 2.45) is 20.5 Å². The minimum Gasteiger partial charge on any atom is -0.339 e. The van der Waals surface area contributed by atoms with Crippen LogP contribution in [0.15, 0.2) is 158 Å². The Morgan fingerprint density at radius 1 is 0.710 bits per heavy atom. The van der Waals surface area contributed by atoms with Crippen molar-refractivity contribution in [2.45, 2.75) is 16.7 Å². The highest BCUT2D eigenvalue weighted by molar-refractivity contribution is 7.86. The van der Waals surface area contributed by atoms with Gasteiger partial charge in [0.05, 0.1) is 21.8 Å². The minimum atomic E-state index is -4.73. The first-order chi connectivity index (χ1) is 33.0. The van der Waals surface area contributed by atoms with Crippen LogP contribution in [0.3, 0.4) is 0 Å². The van der Waals surface area contributed by atoms with Crippen molar-refractivity contribution in [2.75, 3.05) is 16.0 Å². The topological polar surface area (TPSA) is 285 Å². The number of hydrogen-bond donors (Lipinski definition) is 5. The number of amides is 1. The van der Waals surface area contributed by atoms with Gasteiger partial charge in [-0.15, -0.1) is 20.5 Å². The molecule has 0 unspecified atom stereocenters. The highest BCUT2D eigenvalue weighted by atomic mass is 35.5. The summed E-state index contributed by atoms with van der Waals surface area (Å²) < 4.78 is 68.2. The number of carbonyl (C=O) groups is 1. The van der Waals surface area contributed by atoms with Crippen LogP contribution in [0.5, 0.6) is 0 Å². The SMILES string of the molecule is Cc1c(C#N)c(Nc2ccc(Cl)c(S(=O)(=O)O)c2)nc(Nc2ccc(Cl)cc2)c1N=Nc1sc(N=Nc2ccc3cccc(S(=O)(=O)O)c3c2)c(-c2ccc(NC(=O)c3cccnc3)cc2)c1C#N. The second-order valence-corrected chi connectivity index (χ2v) is 19.1. The second-order valence-electron chi connectivity index (χ2n) is 14.5. The predicted molar refractivity (Wildman–Crippen MR) is 262 cm³/mol. The van der Waals surface area contributed by atoms with E-state index in [4.69, 9.17) is 23.2 Å². The molecule has 342 valence electrons. The molecule has 18 nitrogen and oxygen atoms in total. The van der Waals surface area contributed by atoms with Crippen LogP contribution in [-0.2, 0) is 20.2 Å². The molecule has 0 saturated carbocycles. The molecular formula is C46H29Cl2N11O7S3. The third-order valence-electron chi connectivity index (χ3n) is 10.0. The monoisotopic (exact) mass is 1010 g/mol. The van der Waals surface area contributed by atoms with Crippen molar-refractivity contribution in [3.63, 3.8) is 0 Å². The molecular weight excluding hydrogens is 986 g/mol. The Bertz CT molecular complexity index is 3730. The molecule has 0 aliphatic rings. The van der Waals surface area contributed by atoms with Gasteiger partial charge in [0.1, 0.15) is 38.2 Å². The van der Waals surface area contributed by atoms with Crippen molar-refractivity contribution in [3.05, 3.63) is 160 Å². The third-order valence-corrected chi connectivity index (χ3v) is 13.5. The maximum atomic E-state index is 12.9. The molecule has 0 radical (unpaired) electrons. The van der Waals surface area contributed by atoms with E-state index in [0.717, 1.165) is 17.4 Å². The van der Waals surface area contributed by atoms with Crippen LogP contribution in [0.2, 0.25) is 10.0 Å². The van der Waals surface area contributed by atoms with E-state index in [1.54, 1.807) is 92.0 Å². The van der Waals surface area contributed by atoms with Gasteiger partial charge in [-0.05, 0) is 103 Å². The summed E-state index contributed by atoms with van der Waals surface area (Å²) in [5.41, 5.74) is 2.63. The van der Waals surface area contributed by atoms with Crippen LogP contribution in [0.4, 0.5) is 50.1 Å². The molecule has 23 heteroatoms. The van der Waals surface area contributed by atoms with E-state index in [-0.39, 0.29) is 76.3 Å². The standard InChI is InChI=1S/C46H29Cl2N11O7S3/c1-25-35(22-49)42(53-32-17-18-37(48)39(21-32)69(64,65)66)55-43(52-30-15-10-29(47)11-16-30)41(25)57-58-45-36(23-50)40(27-8-12-31(13-9-27)54-44(60)28-5-3-19-51-24-28)46(67-45)59-56-33-14-7-26-4-2-6-38(34(26)20-33)68(61,62)63/h2-21,24H,1H3,(H,54,60)(H2,52,53,55)(H,61,62,63)(H,64,65,66). The second kappa shape index (κ2) is 19.7. The fraction of sp³-hybridized carbons (Fsp3) is 0.0217. The van der Waals surface area contributed by atoms with Crippen molar-refractivity contribution < 1.29 is 30.7 Å². The average Bonchev–Trinajstić information content (AvgIpc) is 3.68. The number of azo groups is 2. The number of rotatable bonds is 13. The van der Waals surface area contributed by atoms with Gasteiger partial charge in [-0.25, -0.2) is 4.98 Å². The Balaban J connectivity index is 1.24. The van der Waals surface area contributed by atoms with Crippen molar-refractivity contribution in [3.8, 4) is 23.3 Å². The molecule has 3 aromatic heterocycles. The summed E-state index contributed by atoms with van der Waals surface area (Å²) in [4.78, 5) is 20.6. The number of benzene rings is 5. The maximum Gasteiger partial charge on any atom is 0.296 e. The van der Waals surface area contributed by atoms with Crippen LogP contribution >= 0.6 is 34.5 Å². The first kappa shape index (κ1) is 47.5. The number of anilines is 5. The number of fused-ring (bicyclic) bond motifs is 1. The van der Waals surface area contributed by atoms with Crippen LogP contribution in [0.1, 0.15) is 27.0 Å². The van der Waals surface area contributed by atoms with Crippen LogP contribution in [0, 0.1) is 29.6 Å². The molecule has 0 fully saturated rings. The number of nitrogens with one attached hydrogen (secondary N) is 3. The van der Waals surface area contributed by atoms with Crippen molar-refractivity contribution >= 4 is 122 Å². The number of nitriles is 2. The highest BCUT2D eigenvalue weighted by Gasteiger charge is 2.24. The number of aromatic nitrogens is 2. The number of nitrogens with zero attached hydrogens (tertiary/aromatic N) is 8. The fourth-order valence-corrected chi connectivity index (χ4v) is 9.52. The summed E-state index contributed by atoms with van der Waals surface area (Å²) in [5, 5.41) is 49.2. The summed E-state index contributed by atoms with van der Waals surface area (Å²) in [5.74, 6) is -0.378. The van der Waals surface area contributed by atoms with Gasteiger partial charge in [-0.2, -0.15) is 27.4 Å². The Morgan fingerprint density at radius 2 is 1.39 bits per heavy atom. The summed E-state index contributed by atoms with van der Waals surface area (Å²) in [6.07, 6.45) is 2.97. The summed E-state index contributed by atoms with van der Waals surface area (Å²) in [6, 6.07) is 33.5. The molecule has 0 spiro atoms. The fourth-order valence-electron chi connectivity index (χ4n) is 6.77. The van der Waals surface area contributed by atoms with E-state index in [0.29, 0.717) is 32.9 Å². The Labute approximate surface area is 406 Å².